The zero-order valence-electron chi connectivity index (χ0n) is 12.6. The molecule has 3 nitrogen and oxygen atoms in total. The van der Waals surface area contributed by atoms with Gasteiger partial charge in [0, 0.05) is 17.2 Å². The predicted octanol–water partition coefficient (Wildman–Crippen LogP) is 3.41. The van der Waals surface area contributed by atoms with Crippen LogP contribution in [0.1, 0.15) is 61.4 Å². The molecule has 2 rings (SSSR count). The molecule has 1 aromatic rings. The average molecular weight is 304 g/mol. The van der Waals surface area contributed by atoms with Gasteiger partial charge in [-0.05, 0) is 37.3 Å². The van der Waals surface area contributed by atoms with Crippen LogP contribution >= 0.6 is 12.2 Å². The summed E-state index contributed by atoms with van der Waals surface area (Å²) in [5, 5.41) is 3.20. The van der Waals surface area contributed by atoms with Gasteiger partial charge in [-0.25, -0.2) is 0 Å². The minimum Gasteiger partial charge on any atom is -0.389 e. The molecule has 0 heterocycles. The van der Waals surface area contributed by atoms with Gasteiger partial charge in [0.2, 0.25) is 0 Å². The van der Waals surface area contributed by atoms with Gasteiger partial charge in [-0.3, -0.25) is 4.79 Å². The molecule has 0 spiro atoms. The van der Waals surface area contributed by atoms with Gasteiger partial charge >= 0.3 is 0 Å². The number of carbonyl (C=O) groups is 1. The fourth-order valence-electron chi connectivity index (χ4n) is 3.13. The SMILES string of the molecule is CCC(NC(=O)c1ccc(C(N)=S)cc1)C1CCCCC1. The van der Waals surface area contributed by atoms with Crippen LogP contribution in [-0.2, 0) is 0 Å². The van der Waals surface area contributed by atoms with E-state index < -0.39 is 0 Å². The van der Waals surface area contributed by atoms with Crippen LogP contribution in [0.2, 0.25) is 0 Å². The molecule has 1 aromatic carbocycles. The molecule has 0 aliphatic heterocycles. The molecule has 4 heteroatoms. The Morgan fingerprint density at radius 2 is 1.81 bits per heavy atom. The second-order valence-electron chi connectivity index (χ2n) is 5.83. The highest BCUT2D eigenvalue weighted by Gasteiger charge is 2.23. The molecule has 1 amide bonds. The number of rotatable bonds is 5. The Morgan fingerprint density at radius 1 is 1.24 bits per heavy atom. The quantitative estimate of drug-likeness (QED) is 0.820. The molecule has 21 heavy (non-hydrogen) atoms. The van der Waals surface area contributed by atoms with E-state index in [9.17, 15) is 4.79 Å². The molecule has 1 unspecified atom stereocenters. The normalized spacial score (nSPS) is 17.2. The van der Waals surface area contributed by atoms with Crippen LogP contribution in [0.25, 0.3) is 0 Å². The Hall–Kier alpha value is -1.42. The Kier molecular flexibility index (Phi) is 5.74. The summed E-state index contributed by atoms with van der Waals surface area (Å²) in [5.41, 5.74) is 7.03. The molecular formula is C17H24N2OS. The summed E-state index contributed by atoms with van der Waals surface area (Å²) >= 11 is 4.92. The third-order valence-electron chi connectivity index (χ3n) is 4.41. The zero-order valence-corrected chi connectivity index (χ0v) is 13.4. The molecule has 1 saturated carbocycles. The van der Waals surface area contributed by atoms with Gasteiger partial charge in [0.25, 0.3) is 5.91 Å². The number of nitrogens with two attached hydrogens (primary N) is 1. The van der Waals surface area contributed by atoms with Gasteiger partial charge < -0.3 is 11.1 Å². The van der Waals surface area contributed by atoms with Crippen LogP contribution in [0.15, 0.2) is 24.3 Å². The number of amides is 1. The van der Waals surface area contributed by atoms with Gasteiger partial charge in [0.05, 0.1) is 0 Å². The van der Waals surface area contributed by atoms with E-state index in [2.05, 4.69) is 12.2 Å². The largest absolute Gasteiger partial charge is 0.389 e. The van der Waals surface area contributed by atoms with Gasteiger partial charge in [-0.1, -0.05) is 50.5 Å². The zero-order chi connectivity index (χ0) is 15.2. The van der Waals surface area contributed by atoms with E-state index in [1.54, 1.807) is 24.3 Å². The maximum absolute atomic E-state index is 12.4. The summed E-state index contributed by atoms with van der Waals surface area (Å²) < 4.78 is 0. The van der Waals surface area contributed by atoms with Crippen molar-refractivity contribution in [2.75, 3.05) is 0 Å². The first-order chi connectivity index (χ1) is 10.1. The molecule has 1 atom stereocenters. The first-order valence-corrected chi connectivity index (χ1v) is 8.23. The van der Waals surface area contributed by atoms with Crippen molar-refractivity contribution in [1.82, 2.24) is 5.32 Å². The molecule has 1 aliphatic carbocycles. The minimum atomic E-state index is 0.00177. The first kappa shape index (κ1) is 16.0. The van der Waals surface area contributed by atoms with Crippen molar-refractivity contribution in [1.29, 1.82) is 0 Å². The van der Waals surface area contributed by atoms with Crippen LogP contribution in [0.3, 0.4) is 0 Å². The Morgan fingerprint density at radius 3 is 2.33 bits per heavy atom. The molecular weight excluding hydrogens is 280 g/mol. The van der Waals surface area contributed by atoms with Crippen molar-refractivity contribution in [3.8, 4) is 0 Å². The van der Waals surface area contributed by atoms with Gasteiger partial charge in [-0.2, -0.15) is 0 Å². The molecule has 1 fully saturated rings. The molecule has 1 aliphatic rings. The van der Waals surface area contributed by atoms with Crippen molar-refractivity contribution < 1.29 is 4.79 Å². The van der Waals surface area contributed by atoms with Crippen LogP contribution < -0.4 is 11.1 Å². The Bertz CT molecular complexity index is 492. The lowest BCUT2D eigenvalue weighted by Gasteiger charge is -2.30. The highest BCUT2D eigenvalue weighted by Crippen LogP contribution is 2.27. The standard InChI is InChI=1S/C17H24N2OS/c1-2-15(12-6-4-3-5-7-12)19-17(20)14-10-8-13(9-11-14)16(18)21/h8-12,15H,2-7H2,1H3,(H2,18,21)(H,19,20). The number of carbonyl (C=O) groups excluding carboxylic acids is 1. The number of hydrogen-bond acceptors (Lipinski definition) is 2. The Labute approximate surface area is 132 Å². The summed E-state index contributed by atoms with van der Waals surface area (Å²) in [6.07, 6.45) is 7.38. The van der Waals surface area contributed by atoms with E-state index in [4.69, 9.17) is 18.0 Å². The second-order valence-corrected chi connectivity index (χ2v) is 6.27. The van der Waals surface area contributed by atoms with E-state index in [0.29, 0.717) is 16.5 Å². The summed E-state index contributed by atoms with van der Waals surface area (Å²) in [6.45, 7) is 2.15. The fraction of sp³-hybridized carbons (Fsp3) is 0.529. The second kappa shape index (κ2) is 7.55. The number of thiocarbonyl (C=S) groups is 1. The lowest BCUT2D eigenvalue weighted by molar-refractivity contribution is 0.0911. The topological polar surface area (TPSA) is 55.1 Å². The van der Waals surface area contributed by atoms with Crippen molar-refractivity contribution in [2.45, 2.75) is 51.5 Å². The highest BCUT2D eigenvalue weighted by molar-refractivity contribution is 7.80. The third kappa shape index (κ3) is 4.27. The van der Waals surface area contributed by atoms with Crippen LogP contribution in [0.4, 0.5) is 0 Å². The molecule has 0 bridgehead atoms. The highest BCUT2D eigenvalue weighted by atomic mass is 32.1. The van der Waals surface area contributed by atoms with Crippen LogP contribution in [0, 0.1) is 5.92 Å². The molecule has 3 N–H and O–H groups in total. The molecule has 0 radical (unpaired) electrons. The van der Waals surface area contributed by atoms with Gasteiger partial charge in [0.1, 0.15) is 4.99 Å². The summed E-state index contributed by atoms with van der Waals surface area (Å²) in [4.78, 5) is 12.7. The molecule has 0 aromatic heterocycles. The maximum atomic E-state index is 12.4. The summed E-state index contributed by atoms with van der Waals surface area (Å²) in [7, 11) is 0. The van der Waals surface area contributed by atoms with Crippen molar-refractivity contribution in [3.05, 3.63) is 35.4 Å². The summed E-state index contributed by atoms with van der Waals surface area (Å²) in [6, 6.07) is 7.47. The monoisotopic (exact) mass is 304 g/mol. The Balaban J connectivity index is 1.99. The molecule has 114 valence electrons. The van der Waals surface area contributed by atoms with Gasteiger partial charge in [-0.15, -0.1) is 0 Å². The van der Waals surface area contributed by atoms with E-state index in [1.165, 1.54) is 32.1 Å². The maximum Gasteiger partial charge on any atom is 0.251 e. The lowest BCUT2D eigenvalue weighted by Crippen LogP contribution is -2.40. The number of hydrogen-bond donors (Lipinski definition) is 2. The van der Waals surface area contributed by atoms with Crippen LogP contribution in [0.5, 0.6) is 0 Å². The third-order valence-corrected chi connectivity index (χ3v) is 4.64. The van der Waals surface area contributed by atoms with E-state index in [0.717, 1.165) is 12.0 Å². The number of benzene rings is 1. The number of nitrogens with one attached hydrogen (secondary N) is 1. The fourth-order valence-corrected chi connectivity index (χ4v) is 3.26. The van der Waals surface area contributed by atoms with E-state index >= 15 is 0 Å². The van der Waals surface area contributed by atoms with Gasteiger partial charge in [0.15, 0.2) is 0 Å². The predicted molar refractivity (Wildman–Crippen MR) is 90.4 cm³/mol. The van der Waals surface area contributed by atoms with Crippen molar-refractivity contribution in [3.63, 3.8) is 0 Å². The minimum absolute atomic E-state index is 0.00177. The smallest absolute Gasteiger partial charge is 0.251 e. The van der Waals surface area contributed by atoms with E-state index in [1.807, 2.05) is 0 Å². The summed E-state index contributed by atoms with van der Waals surface area (Å²) in [5.74, 6) is 0.630. The van der Waals surface area contributed by atoms with E-state index in [-0.39, 0.29) is 11.9 Å². The lowest BCUT2D eigenvalue weighted by atomic mass is 9.83. The van der Waals surface area contributed by atoms with Crippen molar-refractivity contribution in [2.24, 2.45) is 11.7 Å². The van der Waals surface area contributed by atoms with Crippen LogP contribution in [-0.4, -0.2) is 16.9 Å². The molecule has 0 saturated heterocycles. The van der Waals surface area contributed by atoms with Crippen molar-refractivity contribution >= 4 is 23.1 Å². The first-order valence-electron chi connectivity index (χ1n) is 7.82. The average Bonchev–Trinajstić information content (AvgIpc) is 2.53.